The Kier molecular flexibility index (Phi) is 5.89. The monoisotopic (exact) mass is 574 g/mol. The molecule has 0 amide bonds. The molecule has 1 aromatic rings. The lowest BCUT2D eigenvalue weighted by Crippen LogP contribution is -2.77. The third-order valence-corrected chi connectivity index (χ3v) is 11.2. The highest BCUT2D eigenvalue weighted by molar-refractivity contribution is 5.82. The van der Waals surface area contributed by atoms with Gasteiger partial charge < -0.3 is 33.2 Å². The SMILES string of the molecule is CC(=O)O[C@H]1CC(=O)OC(C)(C)[C@@H]2C[C@@H](OC(C)=O)[C@]3(C)[C@H]([C@@H](O)C[C@@]4(C)[C@H](c5ccoc5)OC(=O)[C@H]5O[C@@]534)[C@@]12C. The second kappa shape index (κ2) is 8.56. The number of aliphatic hydroxyl groups excluding tert-OH is 1. The number of hydrogen-bond donors (Lipinski definition) is 1. The quantitative estimate of drug-likeness (QED) is 0.322. The summed E-state index contributed by atoms with van der Waals surface area (Å²) in [6.07, 6.45) is -1.44. The van der Waals surface area contributed by atoms with Gasteiger partial charge in [0.25, 0.3) is 0 Å². The van der Waals surface area contributed by atoms with E-state index in [1.807, 2.05) is 20.8 Å². The summed E-state index contributed by atoms with van der Waals surface area (Å²) in [5.41, 5.74) is -4.83. The summed E-state index contributed by atoms with van der Waals surface area (Å²) in [6, 6.07) is 1.72. The van der Waals surface area contributed by atoms with Gasteiger partial charge in [0.2, 0.25) is 0 Å². The van der Waals surface area contributed by atoms with Crippen LogP contribution in [0.1, 0.15) is 79.4 Å². The Morgan fingerprint density at radius 1 is 1.00 bits per heavy atom. The van der Waals surface area contributed by atoms with E-state index in [1.54, 1.807) is 19.9 Å². The van der Waals surface area contributed by atoms with Crippen LogP contribution in [0.5, 0.6) is 0 Å². The highest BCUT2D eigenvalue weighted by Gasteiger charge is 2.90. The van der Waals surface area contributed by atoms with Crippen LogP contribution in [0.15, 0.2) is 23.0 Å². The lowest BCUT2D eigenvalue weighted by molar-refractivity contribution is -0.301. The van der Waals surface area contributed by atoms with Gasteiger partial charge in [-0.1, -0.05) is 20.8 Å². The van der Waals surface area contributed by atoms with Crippen molar-refractivity contribution >= 4 is 23.9 Å². The van der Waals surface area contributed by atoms with Crippen LogP contribution in [-0.4, -0.2) is 64.6 Å². The first-order valence-electron chi connectivity index (χ1n) is 14.2. The first-order chi connectivity index (χ1) is 19.0. The first-order valence-corrected chi connectivity index (χ1v) is 14.2. The fourth-order valence-corrected chi connectivity index (χ4v) is 10.0. The second-order valence-corrected chi connectivity index (χ2v) is 13.7. The second-order valence-electron chi connectivity index (χ2n) is 13.7. The van der Waals surface area contributed by atoms with Crippen molar-refractivity contribution in [3.8, 4) is 0 Å². The zero-order chi connectivity index (χ0) is 29.9. The Morgan fingerprint density at radius 3 is 2.27 bits per heavy atom. The molecule has 224 valence electrons. The Labute approximate surface area is 238 Å². The molecule has 0 bridgehead atoms. The number of rotatable bonds is 3. The number of ether oxygens (including phenoxy) is 5. The van der Waals surface area contributed by atoms with Crippen molar-refractivity contribution in [3.05, 3.63) is 24.2 Å². The summed E-state index contributed by atoms with van der Waals surface area (Å²) in [5, 5.41) is 12.3. The Hall–Kier alpha value is -2.92. The van der Waals surface area contributed by atoms with E-state index in [0.29, 0.717) is 5.56 Å². The number of cyclic esters (lactones) is 2. The molecule has 0 radical (unpaired) electrons. The first kappa shape index (κ1) is 28.2. The number of fused-ring (bicyclic) bond motifs is 3. The third-order valence-electron chi connectivity index (χ3n) is 11.2. The molecule has 11 heteroatoms. The van der Waals surface area contributed by atoms with Crippen molar-refractivity contribution in [1.82, 2.24) is 0 Å². The van der Waals surface area contributed by atoms with Gasteiger partial charge in [-0.15, -0.1) is 0 Å². The molecule has 1 N–H and O–H groups in total. The van der Waals surface area contributed by atoms with Gasteiger partial charge in [-0.3, -0.25) is 14.4 Å². The molecule has 3 saturated heterocycles. The van der Waals surface area contributed by atoms with Crippen molar-refractivity contribution in [2.45, 2.75) is 109 Å². The molecule has 3 aliphatic heterocycles. The Morgan fingerprint density at radius 2 is 1.66 bits per heavy atom. The summed E-state index contributed by atoms with van der Waals surface area (Å²) in [6.45, 7) is 11.9. The van der Waals surface area contributed by atoms with Crippen LogP contribution < -0.4 is 0 Å². The lowest BCUT2D eigenvalue weighted by atomic mass is 9.36. The normalized spacial score (nSPS) is 47.7. The molecule has 11 nitrogen and oxygen atoms in total. The largest absolute Gasteiger partial charge is 0.472 e. The van der Waals surface area contributed by atoms with Gasteiger partial charge in [0.05, 0.1) is 25.1 Å². The van der Waals surface area contributed by atoms with E-state index in [0.717, 1.165) is 0 Å². The Balaban J connectivity index is 1.60. The molecule has 5 fully saturated rings. The van der Waals surface area contributed by atoms with Gasteiger partial charge in [-0.25, -0.2) is 4.79 Å². The van der Waals surface area contributed by atoms with Gasteiger partial charge in [0.15, 0.2) is 6.10 Å². The molecular weight excluding hydrogens is 536 g/mol. The predicted octanol–water partition coefficient (Wildman–Crippen LogP) is 3.02. The van der Waals surface area contributed by atoms with E-state index in [2.05, 4.69) is 0 Å². The van der Waals surface area contributed by atoms with Crippen molar-refractivity contribution in [2.75, 3.05) is 0 Å². The molecule has 2 saturated carbocycles. The summed E-state index contributed by atoms with van der Waals surface area (Å²) < 4.78 is 35.6. The van der Waals surface area contributed by atoms with Crippen molar-refractivity contribution in [2.24, 2.45) is 28.1 Å². The topological polar surface area (TPSA) is 151 Å². The maximum atomic E-state index is 13.5. The minimum Gasteiger partial charge on any atom is -0.472 e. The molecule has 4 heterocycles. The highest BCUT2D eigenvalue weighted by Crippen LogP contribution is 2.79. The maximum absolute atomic E-state index is 13.5. The average Bonchev–Trinajstić information content (AvgIpc) is 3.43. The molecule has 41 heavy (non-hydrogen) atoms. The third kappa shape index (κ3) is 3.45. The van der Waals surface area contributed by atoms with Crippen molar-refractivity contribution < 1.29 is 52.4 Å². The number of carbonyl (C=O) groups is 4. The molecule has 6 rings (SSSR count). The summed E-state index contributed by atoms with van der Waals surface area (Å²) in [7, 11) is 0. The van der Waals surface area contributed by atoms with Crippen molar-refractivity contribution in [3.63, 3.8) is 0 Å². The molecule has 5 aliphatic rings. The number of hydrogen-bond acceptors (Lipinski definition) is 11. The van der Waals surface area contributed by atoms with E-state index in [1.165, 1.54) is 26.4 Å². The molecule has 1 aromatic heterocycles. The van der Waals surface area contributed by atoms with Crippen LogP contribution in [0.25, 0.3) is 0 Å². The maximum Gasteiger partial charge on any atom is 0.339 e. The fourth-order valence-electron chi connectivity index (χ4n) is 10.0. The van der Waals surface area contributed by atoms with Crippen LogP contribution >= 0.6 is 0 Å². The summed E-state index contributed by atoms with van der Waals surface area (Å²) in [5.74, 6) is -3.42. The lowest BCUT2D eigenvalue weighted by Gasteiger charge is -2.69. The van der Waals surface area contributed by atoms with Gasteiger partial charge in [-0.05, 0) is 32.8 Å². The van der Waals surface area contributed by atoms with Gasteiger partial charge >= 0.3 is 23.9 Å². The summed E-state index contributed by atoms with van der Waals surface area (Å²) in [4.78, 5) is 51.6. The van der Waals surface area contributed by atoms with Crippen molar-refractivity contribution in [1.29, 1.82) is 0 Å². The number of epoxide rings is 1. The standard InChI is InChI=1S/C30H38O11/c1-14(31)37-19-11-21(34)40-26(3,4)18-10-20(38-15(2)32)29(7)22(28(18,19)6)17(33)12-27(5)23(16-8-9-36-13-16)39-25(35)24-30(27,29)41-24/h8-9,13,17-20,22-24,33H,10-12H2,1-7H3/t17-,18-,19-,20+,22+,23-,24+,27-,28+,29+,30+/m0/s1. The molecule has 0 unspecified atom stereocenters. The summed E-state index contributed by atoms with van der Waals surface area (Å²) >= 11 is 0. The molecular formula is C30H38O11. The number of aliphatic hydroxyl groups is 1. The molecule has 2 aliphatic carbocycles. The highest BCUT2D eigenvalue weighted by atomic mass is 16.7. The van der Waals surface area contributed by atoms with Gasteiger partial charge in [-0.2, -0.15) is 0 Å². The van der Waals surface area contributed by atoms with E-state index < -0.39 is 93.7 Å². The van der Waals surface area contributed by atoms with Crippen LogP contribution in [-0.2, 0) is 42.9 Å². The minimum absolute atomic E-state index is 0.157. The van der Waals surface area contributed by atoms with Gasteiger partial charge in [0.1, 0.15) is 29.5 Å². The van der Waals surface area contributed by atoms with Crippen LogP contribution in [0, 0.1) is 28.1 Å². The zero-order valence-corrected chi connectivity index (χ0v) is 24.4. The smallest absolute Gasteiger partial charge is 0.339 e. The van der Waals surface area contributed by atoms with Crippen LogP contribution in [0.3, 0.4) is 0 Å². The van der Waals surface area contributed by atoms with E-state index in [4.69, 9.17) is 28.1 Å². The van der Waals surface area contributed by atoms with Crippen LogP contribution in [0.2, 0.25) is 0 Å². The van der Waals surface area contributed by atoms with Gasteiger partial charge in [0, 0.05) is 47.5 Å². The predicted molar refractivity (Wildman–Crippen MR) is 138 cm³/mol. The average molecular weight is 575 g/mol. The zero-order valence-electron chi connectivity index (χ0n) is 24.4. The Bertz CT molecular complexity index is 1300. The number of carbonyl (C=O) groups excluding carboxylic acids is 4. The number of esters is 4. The van der Waals surface area contributed by atoms with E-state index in [-0.39, 0.29) is 19.3 Å². The molecule has 0 aromatic carbocycles. The van der Waals surface area contributed by atoms with Crippen LogP contribution in [0.4, 0.5) is 0 Å². The van der Waals surface area contributed by atoms with E-state index >= 15 is 0 Å². The molecule has 11 atom stereocenters. The fraction of sp³-hybridized carbons (Fsp3) is 0.733. The van der Waals surface area contributed by atoms with E-state index in [9.17, 15) is 24.3 Å². The molecule has 1 spiro atoms. The number of furan rings is 1. The minimum atomic E-state index is -1.21.